The van der Waals surface area contributed by atoms with Gasteiger partial charge in [0.15, 0.2) is 0 Å². The Morgan fingerprint density at radius 3 is 2.59 bits per heavy atom. The van der Waals surface area contributed by atoms with Crippen LogP contribution in [0.2, 0.25) is 0 Å². The summed E-state index contributed by atoms with van der Waals surface area (Å²) >= 11 is 1.92. The molecular weight excluding hydrogens is 236 g/mol. The van der Waals surface area contributed by atoms with Crippen molar-refractivity contribution in [1.29, 1.82) is 0 Å². The van der Waals surface area contributed by atoms with E-state index in [0.29, 0.717) is 12.0 Å². The molecule has 2 rings (SSSR count). The number of rotatable bonds is 4. The van der Waals surface area contributed by atoms with Crippen molar-refractivity contribution in [3.05, 3.63) is 39.9 Å². The lowest BCUT2D eigenvalue weighted by Crippen LogP contribution is -2.28. The number of nitro groups is 1. The zero-order valence-corrected chi connectivity index (χ0v) is 10.4. The van der Waals surface area contributed by atoms with Gasteiger partial charge in [-0.05, 0) is 30.1 Å². The Kier molecular flexibility index (Phi) is 4.02. The van der Waals surface area contributed by atoms with Crippen LogP contribution in [0.15, 0.2) is 24.3 Å². The highest BCUT2D eigenvalue weighted by molar-refractivity contribution is 7.99. The summed E-state index contributed by atoms with van der Waals surface area (Å²) in [6, 6.07) is 7.13. The molecule has 2 atom stereocenters. The normalized spacial score (nSPS) is 23.8. The molecule has 5 heteroatoms. The third-order valence-corrected chi connectivity index (χ3v) is 4.48. The number of non-ortho nitro benzene ring substituents is 1. The molecule has 1 aliphatic heterocycles. The highest BCUT2D eigenvalue weighted by Gasteiger charge is 2.23. The standard InChI is InChI=1S/C12H16N2O2S/c13-12-8-17-7-10(12)4-1-9-2-5-11(6-3-9)14(15)16/h2-3,5-6,10,12H,1,4,7-8,13H2. The first-order valence-electron chi connectivity index (χ1n) is 5.73. The van der Waals surface area contributed by atoms with E-state index in [2.05, 4.69) is 0 Å². The van der Waals surface area contributed by atoms with Crippen molar-refractivity contribution in [3.63, 3.8) is 0 Å². The molecule has 0 bridgehead atoms. The molecule has 2 unspecified atom stereocenters. The molecule has 1 aromatic carbocycles. The van der Waals surface area contributed by atoms with Gasteiger partial charge in [0.1, 0.15) is 0 Å². The van der Waals surface area contributed by atoms with Crippen LogP contribution in [-0.4, -0.2) is 22.5 Å². The second kappa shape index (κ2) is 5.51. The summed E-state index contributed by atoms with van der Waals surface area (Å²) in [4.78, 5) is 10.1. The van der Waals surface area contributed by atoms with E-state index in [1.54, 1.807) is 12.1 Å². The lowest BCUT2D eigenvalue weighted by Gasteiger charge is -2.13. The number of benzene rings is 1. The van der Waals surface area contributed by atoms with E-state index in [9.17, 15) is 10.1 Å². The summed E-state index contributed by atoms with van der Waals surface area (Å²) < 4.78 is 0. The Hall–Kier alpha value is -1.07. The highest BCUT2D eigenvalue weighted by Crippen LogP contribution is 2.26. The average molecular weight is 252 g/mol. The quantitative estimate of drug-likeness (QED) is 0.659. The highest BCUT2D eigenvalue weighted by atomic mass is 32.2. The number of nitro benzene ring substituents is 1. The van der Waals surface area contributed by atoms with E-state index < -0.39 is 0 Å². The van der Waals surface area contributed by atoms with E-state index >= 15 is 0 Å². The Morgan fingerprint density at radius 2 is 2.06 bits per heavy atom. The van der Waals surface area contributed by atoms with Crippen LogP contribution in [0.4, 0.5) is 5.69 Å². The summed E-state index contributed by atoms with van der Waals surface area (Å²) in [6.07, 6.45) is 2.03. The fourth-order valence-electron chi connectivity index (χ4n) is 2.05. The maximum atomic E-state index is 10.5. The molecule has 1 fully saturated rings. The summed E-state index contributed by atoms with van der Waals surface area (Å²) in [6.45, 7) is 0. The molecule has 1 saturated heterocycles. The minimum absolute atomic E-state index is 0.155. The minimum atomic E-state index is -0.368. The van der Waals surface area contributed by atoms with Crippen molar-refractivity contribution in [2.24, 2.45) is 11.7 Å². The maximum absolute atomic E-state index is 10.5. The minimum Gasteiger partial charge on any atom is -0.327 e. The number of thioether (sulfide) groups is 1. The SMILES string of the molecule is NC1CSCC1CCc1ccc([N+](=O)[O-])cc1. The van der Waals surface area contributed by atoms with Gasteiger partial charge in [-0.1, -0.05) is 12.1 Å². The molecule has 0 aromatic heterocycles. The van der Waals surface area contributed by atoms with Gasteiger partial charge >= 0.3 is 0 Å². The molecule has 0 radical (unpaired) electrons. The number of nitrogens with two attached hydrogens (primary N) is 1. The van der Waals surface area contributed by atoms with Crippen molar-refractivity contribution in [3.8, 4) is 0 Å². The van der Waals surface area contributed by atoms with Crippen LogP contribution in [-0.2, 0) is 6.42 Å². The van der Waals surface area contributed by atoms with Crippen LogP contribution >= 0.6 is 11.8 Å². The van der Waals surface area contributed by atoms with Crippen molar-refractivity contribution < 1.29 is 4.92 Å². The number of hydrogen-bond acceptors (Lipinski definition) is 4. The lowest BCUT2D eigenvalue weighted by molar-refractivity contribution is -0.384. The maximum Gasteiger partial charge on any atom is 0.269 e. The summed E-state index contributed by atoms with van der Waals surface area (Å²) in [5, 5.41) is 10.5. The monoisotopic (exact) mass is 252 g/mol. The van der Waals surface area contributed by atoms with Crippen molar-refractivity contribution in [2.45, 2.75) is 18.9 Å². The Bertz CT molecular complexity index is 394. The molecule has 1 aliphatic rings. The second-order valence-corrected chi connectivity index (χ2v) is 5.50. The molecule has 17 heavy (non-hydrogen) atoms. The van der Waals surface area contributed by atoms with Crippen LogP contribution in [0.1, 0.15) is 12.0 Å². The van der Waals surface area contributed by atoms with Gasteiger partial charge in [-0.2, -0.15) is 11.8 Å². The molecule has 1 aromatic rings. The predicted octanol–water partition coefficient (Wildman–Crippen LogP) is 2.22. The smallest absolute Gasteiger partial charge is 0.269 e. The van der Waals surface area contributed by atoms with E-state index in [-0.39, 0.29) is 10.6 Å². The molecular formula is C12H16N2O2S. The van der Waals surface area contributed by atoms with Crippen LogP contribution in [0.25, 0.3) is 0 Å². The van der Waals surface area contributed by atoms with Crippen LogP contribution in [0.5, 0.6) is 0 Å². The van der Waals surface area contributed by atoms with Gasteiger partial charge in [-0.3, -0.25) is 10.1 Å². The first kappa shape index (κ1) is 12.4. The van der Waals surface area contributed by atoms with E-state index in [4.69, 9.17) is 5.73 Å². The summed E-state index contributed by atoms with van der Waals surface area (Å²) in [7, 11) is 0. The van der Waals surface area contributed by atoms with Gasteiger partial charge < -0.3 is 5.73 Å². The topological polar surface area (TPSA) is 69.2 Å². The van der Waals surface area contributed by atoms with Gasteiger partial charge in [0.25, 0.3) is 5.69 Å². The molecule has 92 valence electrons. The number of hydrogen-bond donors (Lipinski definition) is 1. The predicted molar refractivity (Wildman–Crippen MR) is 70.2 cm³/mol. The first-order chi connectivity index (χ1) is 8.16. The molecule has 0 amide bonds. The van der Waals surface area contributed by atoms with Crippen LogP contribution < -0.4 is 5.73 Å². The van der Waals surface area contributed by atoms with Gasteiger partial charge in [0, 0.05) is 23.9 Å². The van der Waals surface area contributed by atoms with Gasteiger partial charge in [0.05, 0.1) is 4.92 Å². The first-order valence-corrected chi connectivity index (χ1v) is 6.89. The Labute approximate surface area is 105 Å². The van der Waals surface area contributed by atoms with E-state index in [1.807, 2.05) is 23.9 Å². The Balaban J connectivity index is 1.88. The fraction of sp³-hybridized carbons (Fsp3) is 0.500. The molecule has 0 aliphatic carbocycles. The third kappa shape index (κ3) is 3.20. The van der Waals surface area contributed by atoms with Gasteiger partial charge in [-0.25, -0.2) is 0 Å². The zero-order valence-electron chi connectivity index (χ0n) is 9.54. The second-order valence-electron chi connectivity index (χ2n) is 4.42. The fourth-order valence-corrected chi connectivity index (χ4v) is 3.45. The van der Waals surface area contributed by atoms with Crippen LogP contribution in [0.3, 0.4) is 0 Å². The number of nitrogens with zero attached hydrogens (tertiary/aromatic N) is 1. The van der Waals surface area contributed by atoms with Crippen molar-refractivity contribution in [1.82, 2.24) is 0 Å². The van der Waals surface area contributed by atoms with E-state index in [0.717, 1.165) is 29.9 Å². The number of aryl methyl sites for hydroxylation is 1. The summed E-state index contributed by atoms with van der Waals surface area (Å²) in [5.74, 6) is 2.80. The van der Waals surface area contributed by atoms with Crippen molar-refractivity contribution in [2.75, 3.05) is 11.5 Å². The molecule has 0 spiro atoms. The van der Waals surface area contributed by atoms with Crippen LogP contribution in [0, 0.1) is 16.0 Å². The average Bonchev–Trinajstić information content (AvgIpc) is 2.73. The van der Waals surface area contributed by atoms with Gasteiger partial charge in [0.2, 0.25) is 0 Å². The zero-order chi connectivity index (χ0) is 12.3. The van der Waals surface area contributed by atoms with Crippen molar-refractivity contribution >= 4 is 17.4 Å². The molecule has 1 heterocycles. The lowest BCUT2D eigenvalue weighted by atomic mass is 9.96. The van der Waals surface area contributed by atoms with Gasteiger partial charge in [-0.15, -0.1) is 0 Å². The molecule has 2 N–H and O–H groups in total. The molecule has 0 saturated carbocycles. The third-order valence-electron chi connectivity index (χ3n) is 3.20. The largest absolute Gasteiger partial charge is 0.327 e. The van der Waals surface area contributed by atoms with E-state index in [1.165, 1.54) is 0 Å². The Morgan fingerprint density at radius 1 is 1.35 bits per heavy atom. The molecule has 4 nitrogen and oxygen atoms in total. The summed E-state index contributed by atoms with van der Waals surface area (Å²) in [5.41, 5.74) is 7.30.